The molecule has 1 N–H and O–H groups in total. The highest BCUT2D eigenvalue weighted by Crippen LogP contribution is 2.31. The van der Waals surface area contributed by atoms with Crippen molar-refractivity contribution in [3.63, 3.8) is 0 Å². The van der Waals surface area contributed by atoms with Crippen molar-refractivity contribution >= 4 is 11.3 Å². The Balaban J connectivity index is 2.34. The lowest BCUT2D eigenvalue weighted by atomic mass is 9.93. The quantitative estimate of drug-likeness (QED) is 0.864. The molecule has 0 aliphatic heterocycles. The van der Waals surface area contributed by atoms with E-state index in [2.05, 4.69) is 33.0 Å². The number of nitrogens with one attached hydrogen (secondary N) is 1. The van der Waals surface area contributed by atoms with Crippen LogP contribution in [0, 0.1) is 12.7 Å². The summed E-state index contributed by atoms with van der Waals surface area (Å²) in [5.74, 6) is -0.184. The third kappa shape index (κ3) is 3.69. The molecule has 2 rings (SSSR count). The first-order chi connectivity index (χ1) is 9.98. The Bertz CT molecular complexity index is 609. The van der Waals surface area contributed by atoms with Crippen molar-refractivity contribution in [2.75, 3.05) is 6.54 Å². The summed E-state index contributed by atoms with van der Waals surface area (Å²) in [4.78, 5) is 6.07. The van der Waals surface area contributed by atoms with Crippen LogP contribution in [0.5, 0.6) is 0 Å². The Labute approximate surface area is 130 Å². The van der Waals surface area contributed by atoms with E-state index in [1.807, 2.05) is 6.07 Å². The first-order valence-corrected chi connectivity index (χ1v) is 8.26. The summed E-state index contributed by atoms with van der Waals surface area (Å²) in [5.41, 5.74) is 1.90. The monoisotopic (exact) mass is 306 g/mol. The van der Waals surface area contributed by atoms with E-state index in [0.717, 1.165) is 30.0 Å². The molecule has 0 amide bonds. The standard InChI is InChI=1S/C17H23FN2S/c1-5-15-12(3)21-16(20-15)17(4,19-6-2)11-13-8-7-9-14(18)10-13/h7-10,19H,5-6,11H2,1-4H3. The topological polar surface area (TPSA) is 24.9 Å². The van der Waals surface area contributed by atoms with Gasteiger partial charge in [0.25, 0.3) is 0 Å². The van der Waals surface area contributed by atoms with Crippen LogP contribution < -0.4 is 5.32 Å². The molecule has 1 aromatic heterocycles. The molecule has 4 heteroatoms. The average molecular weight is 306 g/mol. The van der Waals surface area contributed by atoms with Crippen LogP contribution in [0.15, 0.2) is 24.3 Å². The predicted molar refractivity (Wildman–Crippen MR) is 87.4 cm³/mol. The Morgan fingerprint density at radius 3 is 2.67 bits per heavy atom. The number of rotatable bonds is 6. The van der Waals surface area contributed by atoms with Gasteiger partial charge in [-0.1, -0.05) is 26.0 Å². The van der Waals surface area contributed by atoms with Crippen molar-refractivity contribution in [2.45, 2.75) is 46.1 Å². The number of aromatic nitrogens is 1. The number of nitrogens with zero attached hydrogens (tertiary/aromatic N) is 1. The Morgan fingerprint density at radius 2 is 2.10 bits per heavy atom. The van der Waals surface area contributed by atoms with Crippen molar-refractivity contribution in [3.05, 3.63) is 51.2 Å². The van der Waals surface area contributed by atoms with Crippen molar-refractivity contribution in [1.82, 2.24) is 10.3 Å². The van der Waals surface area contributed by atoms with Crippen LogP contribution in [0.4, 0.5) is 4.39 Å². The number of benzene rings is 1. The van der Waals surface area contributed by atoms with Crippen LogP contribution in [-0.4, -0.2) is 11.5 Å². The van der Waals surface area contributed by atoms with Crippen LogP contribution in [0.2, 0.25) is 0 Å². The van der Waals surface area contributed by atoms with Gasteiger partial charge in [0, 0.05) is 4.88 Å². The van der Waals surface area contributed by atoms with Gasteiger partial charge in [0.15, 0.2) is 0 Å². The van der Waals surface area contributed by atoms with E-state index < -0.39 is 0 Å². The fourth-order valence-electron chi connectivity index (χ4n) is 2.65. The molecule has 0 spiro atoms. The second kappa shape index (κ2) is 6.67. The highest BCUT2D eigenvalue weighted by molar-refractivity contribution is 7.11. The van der Waals surface area contributed by atoms with Gasteiger partial charge >= 0.3 is 0 Å². The van der Waals surface area contributed by atoms with Crippen molar-refractivity contribution in [3.8, 4) is 0 Å². The second-order valence-corrected chi connectivity index (χ2v) is 6.75. The third-order valence-corrected chi connectivity index (χ3v) is 4.99. The van der Waals surface area contributed by atoms with E-state index in [4.69, 9.17) is 4.98 Å². The van der Waals surface area contributed by atoms with Gasteiger partial charge in [0.2, 0.25) is 0 Å². The fraction of sp³-hybridized carbons (Fsp3) is 0.471. The molecule has 1 atom stereocenters. The Hall–Kier alpha value is -1.26. The first kappa shape index (κ1) is 16.1. The molecule has 0 bridgehead atoms. The van der Waals surface area contributed by atoms with E-state index in [-0.39, 0.29) is 11.4 Å². The number of likely N-dealkylation sites (N-methyl/N-ethyl adjacent to an activating group) is 1. The molecular weight excluding hydrogens is 283 g/mol. The predicted octanol–water partition coefficient (Wildman–Crippen LogP) is 4.22. The van der Waals surface area contributed by atoms with Crippen LogP contribution in [0.3, 0.4) is 0 Å². The normalized spacial score (nSPS) is 14.1. The second-order valence-electron chi connectivity index (χ2n) is 5.54. The zero-order valence-electron chi connectivity index (χ0n) is 13.2. The molecule has 2 aromatic rings. The van der Waals surface area contributed by atoms with E-state index in [9.17, 15) is 4.39 Å². The fourth-order valence-corrected chi connectivity index (χ4v) is 3.77. The summed E-state index contributed by atoms with van der Waals surface area (Å²) >= 11 is 1.74. The number of thiazole rings is 1. The molecule has 1 heterocycles. The van der Waals surface area contributed by atoms with Gasteiger partial charge in [-0.25, -0.2) is 9.37 Å². The molecular formula is C17H23FN2S. The summed E-state index contributed by atoms with van der Waals surface area (Å²) in [7, 11) is 0. The maximum atomic E-state index is 13.4. The van der Waals surface area contributed by atoms with E-state index in [1.54, 1.807) is 23.5 Å². The van der Waals surface area contributed by atoms with Gasteiger partial charge in [-0.15, -0.1) is 11.3 Å². The summed E-state index contributed by atoms with van der Waals surface area (Å²) in [6.45, 7) is 9.34. The number of aryl methyl sites for hydroxylation is 2. The minimum absolute atomic E-state index is 0.184. The minimum atomic E-state index is -0.259. The molecule has 0 radical (unpaired) electrons. The zero-order chi connectivity index (χ0) is 15.5. The van der Waals surface area contributed by atoms with Gasteiger partial charge in [-0.3, -0.25) is 0 Å². The molecule has 0 aliphatic carbocycles. The van der Waals surface area contributed by atoms with Crippen LogP contribution in [0.1, 0.15) is 41.9 Å². The summed E-state index contributed by atoms with van der Waals surface area (Å²) in [6.07, 6.45) is 1.68. The Kier molecular flexibility index (Phi) is 5.12. The van der Waals surface area contributed by atoms with Gasteiger partial charge in [0.1, 0.15) is 10.8 Å². The molecule has 0 aliphatic rings. The molecule has 0 saturated carbocycles. The minimum Gasteiger partial charge on any atom is -0.306 e. The lowest BCUT2D eigenvalue weighted by Gasteiger charge is -2.28. The molecule has 114 valence electrons. The van der Waals surface area contributed by atoms with Crippen LogP contribution in [-0.2, 0) is 18.4 Å². The van der Waals surface area contributed by atoms with E-state index >= 15 is 0 Å². The number of halogens is 1. The van der Waals surface area contributed by atoms with Crippen molar-refractivity contribution < 1.29 is 4.39 Å². The SMILES string of the molecule is CCNC(C)(Cc1cccc(F)c1)c1nc(CC)c(C)s1. The largest absolute Gasteiger partial charge is 0.306 e. The third-order valence-electron chi connectivity index (χ3n) is 3.71. The van der Waals surface area contributed by atoms with Gasteiger partial charge in [0.05, 0.1) is 11.2 Å². The van der Waals surface area contributed by atoms with Crippen LogP contribution >= 0.6 is 11.3 Å². The smallest absolute Gasteiger partial charge is 0.123 e. The maximum Gasteiger partial charge on any atom is 0.123 e. The zero-order valence-corrected chi connectivity index (χ0v) is 14.0. The maximum absolute atomic E-state index is 13.4. The molecule has 21 heavy (non-hydrogen) atoms. The van der Waals surface area contributed by atoms with Gasteiger partial charge in [-0.2, -0.15) is 0 Å². The van der Waals surface area contributed by atoms with E-state index in [0.29, 0.717) is 0 Å². The summed E-state index contributed by atoms with van der Waals surface area (Å²) in [5, 5.41) is 4.62. The highest BCUT2D eigenvalue weighted by atomic mass is 32.1. The van der Waals surface area contributed by atoms with Gasteiger partial charge in [-0.05, 0) is 50.9 Å². The lowest BCUT2D eigenvalue weighted by Crippen LogP contribution is -2.41. The molecule has 1 unspecified atom stereocenters. The molecule has 1 aromatic carbocycles. The van der Waals surface area contributed by atoms with Crippen molar-refractivity contribution in [1.29, 1.82) is 0 Å². The van der Waals surface area contributed by atoms with Crippen LogP contribution in [0.25, 0.3) is 0 Å². The molecule has 0 fully saturated rings. The Morgan fingerprint density at radius 1 is 1.33 bits per heavy atom. The molecule has 2 nitrogen and oxygen atoms in total. The highest BCUT2D eigenvalue weighted by Gasteiger charge is 2.30. The summed E-state index contributed by atoms with van der Waals surface area (Å²) < 4.78 is 13.4. The number of hydrogen-bond donors (Lipinski definition) is 1. The number of hydrogen-bond acceptors (Lipinski definition) is 3. The lowest BCUT2D eigenvalue weighted by molar-refractivity contribution is 0.370. The summed E-state index contributed by atoms with van der Waals surface area (Å²) in [6, 6.07) is 6.83. The van der Waals surface area contributed by atoms with E-state index in [1.165, 1.54) is 16.6 Å². The first-order valence-electron chi connectivity index (χ1n) is 7.44. The van der Waals surface area contributed by atoms with Crippen molar-refractivity contribution in [2.24, 2.45) is 0 Å². The average Bonchev–Trinajstić information content (AvgIpc) is 2.81. The van der Waals surface area contributed by atoms with Gasteiger partial charge < -0.3 is 5.32 Å². The molecule has 0 saturated heterocycles.